The number of hydrogen-bond acceptors (Lipinski definition) is 5. The molecule has 8 heteroatoms. The highest BCUT2D eigenvalue weighted by molar-refractivity contribution is 7.80. The summed E-state index contributed by atoms with van der Waals surface area (Å²) in [5, 5.41) is 16.2. The lowest BCUT2D eigenvalue weighted by atomic mass is 10.2. The number of carbonyl (C=O) groups excluding carboxylic acids is 1. The minimum atomic E-state index is -0.479. The fraction of sp³-hybridized carbons (Fsp3) is 0.158. The van der Waals surface area contributed by atoms with Crippen molar-refractivity contribution in [2.45, 2.75) is 13.3 Å². The van der Waals surface area contributed by atoms with Crippen LogP contribution in [-0.4, -0.2) is 22.5 Å². The Bertz CT molecular complexity index is 833. The first kappa shape index (κ1) is 20.1. The maximum absolute atomic E-state index is 11.9. The lowest BCUT2D eigenvalue weighted by Crippen LogP contribution is -2.32. The quantitative estimate of drug-likeness (QED) is 0.325. The zero-order valence-corrected chi connectivity index (χ0v) is 15.5. The third kappa shape index (κ3) is 6.87. The second kappa shape index (κ2) is 10.0. The number of carbonyl (C=O) groups is 1. The number of nitrogens with one attached hydrogen (secondary N) is 2. The second-order valence-corrected chi connectivity index (χ2v) is 5.91. The van der Waals surface area contributed by atoms with Crippen molar-refractivity contribution >= 4 is 40.7 Å². The van der Waals surface area contributed by atoms with Crippen LogP contribution < -0.4 is 15.4 Å². The van der Waals surface area contributed by atoms with Crippen LogP contribution in [0.5, 0.6) is 5.75 Å². The normalized spacial score (nSPS) is 10.4. The van der Waals surface area contributed by atoms with E-state index < -0.39 is 10.8 Å². The van der Waals surface area contributed by atoms with E-state index in [0.717, 1.165) is 17.9 Å². The van der Waals surface area contributed by atoms with Gasteiger partial charge in [0.25, 0.3) is 5.69 Å². The highest BCUT2D eigenvalue weighted by Gasteiger charge is 2.04. The van der Waals surface area contributed by atoms with E-state index in [9.17, 15) is 14.9 Å². The first-order chi connectivity index (χ1) is 13.0. The molecule has 0 atom stereocenters. The molecule has 0 unspecified atom stereocenters. The topological polar surface area (TPSA) is 93.5 Å². The van der Waals surface area contributed by atoms with Gasteiger partial charge in [-0.2, -0.15) is 0 Å². The molecule has 0 aromatic heterocycles. The van der Waals surface area contributed by atoms with Gasteiger partial charge in [0, 0.05) is 23.9 Å². The Balaban J connectivity index is 1.84. The number of hydrogen-bond donors (Lipinski definition) is 2. The summed E-state index contributed by atoms with van der Waals surface area (Å²) in [7, 11) is 0. The van der Waals surface area contributed by atoms with Crippen LogP contribution in [0.15, 0.2) is 54.6 Å². The molecule has 0 bridgehead atoms. The van der Waals surface area contributed by atoms with E-state index in [-0.39, 0.29) is 10.8 Å². The molecule has 27 heavy (non-hydrogen) atoms. The zero-order valence-electron chi connectivity index (χ0n) is 14.7. The van der Waals surface area contributed by atoms with Gasteiger partial charge in [-0.25, -0.2) is 0 Å². The lowest BCUT2D eigenvalue weighted by molar-refractivity contribution is -0.384. The molecule has 0 aliphatic heterocycles. The van der Waals surface area contributed by atoms with E-state index in [1.54, 1.807) is 30.3 Å². The number of rotatable bonds is 7. The molecule has 1 amide bonds. The van der Waals surface area contributed by atoms with Crippen molar-refractivity contribution in [3.05, 3.63) is 70.3 Å². The van der Waals surface area contributed by atoms with Crippen molar-refractivity contribution in [3.63, 3.8) is 0 Å². The molecule has 0 aliphatic rings. The number of thiocarbonyl (C=S) groups is 1. The third-order valence-corrected chi connectivity index (χ3v) is 3.56. The van der Waals surface area contributed by atoms with Crippen LogP contribution in [0.2, 0.25) is 0 Å². The molecule has 2 rings (SSSR count). The number of nitro benzene ring substituents is 1. The standard InChI is InChI=1S/C19H19N3O4S/c1-2-13-26-17-10-6-15(7-11-17)20-19(27)21-18(23)12-5-14-3-8-16(9-4-14)22(24)25/h3-12H,2,13H2,1H3,(H2,20,21,23,27)/b12-5+. The molecule has 0 saturated heterocycles. The Kier molecular flexibility index (Phi) is 7.45. The average Bonchev–Trinajstić information content (AvgIpc) is 2.66. The molecular weight excluding hydrogens is 366 g/mol. The number of anilines is 1. The van der Waals surface area contributed by atoms with Crippen LogP contribution in [0.25, 0.3) is 6.08 Å². The van der Waals surface area contributed by atoms with E-state index in [4.69, 9.17) is 17.0 Å². The summed E-state index contributed by atoms with van der Waals surface area (Å²) in [5.74, 6) is 0.358. The molecule has 7 nitrogen and oxygen atoms in total. The predicted molar refractivity (Wildman–Crippen MR) is 109 cm³/mol. The molecular formula is C19H19N3O4S. The Morgan fingerprint density at radius 2 is 1.85 bits per heavy atom. The number of non-ortho nitro benzene ring substituents is 1. The van der Waals surface area contributed by atoms with Crippen molar-refractivity contribution < 1.29 is 14.5 Å². The first-order valence-electron chi connectivity index (χ1n) is 8.25. The van der Waals surface area contributed by atoms with Gasteiger partial charge in [-0.1, -0.05) is 6.92 Å². The molecule has 0 saturated carbocycles. The molecule has 0 radical (unpaired) electrons. The van der Waals surface area contributed by atoms with E-state index >= 15 is 0 Å². The minimum Gasteiger partial charge on any atom is -0.494 e. The first-order valence-corrected chi connectivity index (χ1v) is 8.66. The number of amides is 1. The van der Waals surface area contributed by atoms with Gasteiger partial charge in [0.15, 0.2) is 5.11 Å². The molecule has 0 fully saturated rings. The fourth-order valence-corrected chi connectivity index (χ4v) is 2.27. The minimum absolute atomic E-state index is 0.00640. The molecule has 2 aromatic rings. The third-order valence-electron chi connectivity index (χ3n) is 3.35. The summed E-state index contributed by atoms with van der Waals surface area (Å²) >= 11 is 5.11. The number of benzene rings is 2. The average molecular weight is 385 g/mol. The Morgan fingerprint density at radius 3 is 2.44 bits per heavy atom. The van der Waals surface area contributed by atoms with Crippen LogP contribution in [0.1, 0.15) is 18.9 Å². The van der Waals surface area contributed by atoms with Crippen LogP contribution >= 0.6 is 12.2 Å². The Morgan fingerprint density at radius 1 is 1.19 bits per heavy atom. The maximum Gasteiger partial charge on any atom is 0.269 e. The van der Waals surface area contributed by atoms with Gasteiger partial charge < -0.3 is 10.1 Å². The summed E-state index contributed by atoms with van der Waals surface area (Å²) in [6.45, 7) is 2.69. The molecule has 2 N–H and O–H groups in total. The van der Waals surface area contributed by atoms with Gasteiger partial charge in [0.2, 0.25) is 5.91 Å². The van der Waals surface area contributed by atoms with Crippen molar-refractivity contribution in [2.75, 3.05) is 11.9 Å². The fourth-order valence-electron chi connectivity index (χ4n) is 2.05. The van der Waals surface area contributed by atoms with Crippen molar-refractivity contribution in [1.29, 1.82) is 0 Å². The number of nitrogens with zero attached hydrogens (tertiary/aromatic N) is 1. The summed E-state index contributed by atoms with van der Waals surface area (Å²) in [5.41, 5.74) is 1.38. The van der Waals surface area contributed by atoms with Gasteiger partial charge in [-0.3, -0.25) is 20.2 Å². The van der Waals surface area contributed by atoms with Gasteiger partial charge in [0.1, 0.15) is 5.75 Å². The summed E-state index contributed by atoms with van der Waals surface area (Å²) in [6.07, 6.45) is 3.78. The van der Waals surface area contributed by atoms with Gasteiger partial charge in [-0.15, -0.1) is 0 Å². The molecule has 0 heterocycles. The van der Waals surface area contributed by atoms with Crippen LogP contribution in [0.3, 0.4) is 0 Å². The van der Waals surface area contributed by atoms with Crippen LogP contribution in [-0.2, 0) is 4.79 Å². The predicted octanol–water partition coefficient (Wildman–Crippen LogP) is 3.91. The van der Waals surface area contributed by atoms with E-state index in [1.807, 2.05) is 19.1 Å². The summed E-state index contributed by atoms with van der Waals surface area (Å²) < 4.78 is 5.50. The monoisotopic (exact) mass is 385 g/mol. The zero-order chi connectivity index (χ0) is 19.6. The van der Waals surface area contributed by atoms with E-state index in [0.29, 0.717) is 12.2 Å². The smallest absolute Gasteiger partial charge is 0.269 e. The van der Waals surface area contributed by atoms with Crippen LogP contribution in [0, 0.1) is 10.1 Å². The Labute approximate surface area is 162 Å². The number of ether oxygens (including phenoxy) is 1. The highest BCUT2D eigenvalue weighted by Crippen LogP contribution is 2.16. The lowest BCUT2D eigenvalue weighted by Gasteiger charge is -2.09. The van der Waals surface area contributed by atoms with Gasteiger partial charge >= 0.3 is 0 Å². The molecule has 140 valence electrons. The maximum atomic E-state index is 11.9. The molecule has 0 aliphatic carbocycles. The molecule has 0 spiro atoms. The van der Waals surface area contributed by atoms with E-state index in [1.165, 1.54) is 18.2 Å². The number of nitro groups is 1. The molecule has 2 aromatic carbocycles. The summed E-state index contributed by atoms with van der Waals surface area (Å²) in [4.78, 5) is 22.0. The van der Waals surface area contributed by atoms with Crippen molar-refractivity contribution in [3.8, 4) is 5.75 Å². The highest BCUT2D eigenvalue weighted by atomic mass is 32.1. The Hall–Kier alpha value is -3.26. The largest absolute Gasteiger partial charge is 0.494 e. The van der Waals surface area contributed by atoms with Crippen LogP contribution in [0.4, 0.5) is 11.4 Å². The second-order valence-electron chi connectivity index (χ2n) is 5.50. The van der Waals surface area contributed by atoms with Crippen molar-refractivity contribution in [2.24, 2.45) is 0 Å². The van der Waals surface area contributed by atoms with E-state index in [2.05, 4.69) is 10.6 Å². The summed E-state index contributed by atoms with van der Waals surface area (Å²) in [6, 6.07) is 13.1. The van der Waals surface area contributed by atoms with Gasteiger partial charge in [-0.05, 0) is 66.7 Å². The van der Waals surface area contributed by atoms with Gasteiger partial charge in [0.05, 0.1) is 11.5 Å². The SMILES string of the molecule is CCCOc1ccc(NC(=S)NC(=O)/C=C/c2ccc([N+](=O)[O-])cc2)cc1. The van der Waals surface area contributed by atoms with Crippen molar-refractivity contribution in [1.82, 2.24) is 5.32 Å².